The largest absolute Gasteiger partial charge is 0.416 e. The molecule has 4 nitrogen and oxygen atoms in total. The minimum Gasteiger partial charge on any atom is -0.416 e. The second-order valence-electron chi connectivity index (χ2n) is 5.60. The fourth-order valence-electron chi connectivity index (χ4n) is 2.67. The van der Waals surface area contributed by atoms with E-state index in [1.165, 1.54) is 23.3 Å². The molecule has 1 aliphatic carbocycles. The van der Waals surface area contributed by atoms with E-state index in [9.17, 15) is 0 Å². The van der Waals surface area contributed by atoms with Crippen molar-refractivity contribution in [2.24, 2.45) is 5.92 Å². The van der Waals surface area contributed by atoms with Crippen LogP contribution in [0.3, 0.4) is 0 Å². The Morgan fingerprint density at radius 2 is 2.27 bits per heavy atom. The molecule has 112 valence electrons. The van der Waals surface area contributed by atoms with Gasteiger partial charge in [0.15, 0.2) is 0 Å². The summed E-state index contributed by atoms with van der Waals surface area (Å²) in [5.41, 5.74) is 4.16. The van der Waals surface area contributed by atoms with Gasteiger partial charge in [-0.25, -0.2) is 4.98 Å². The lowest BCUT2D eigenvalue weighted by Gasteiger charge is -2.16. The molecule has 1 unspecified atom stereocenters. The Morgan fingerprint density at radius 3 is 3.14 bits per heavy atom. The monoisotopic (exact) mass is 329 g/mol. The molecule has 0 saturated carbocycles. The van der Waals surface area contributed by atoms with E-state index in [2.05, 4.69) is 28.2 Å². The van der Waals surface area contributed by atoms with Gasteiger partial charge in [-0.2, -0.15) is 0 Å². The summed E-state index contributed by atoms with van der Waals surface area (Å²) in [7, 11) is 0. The van der Waals surface area contributed by atoms with Gasteiger partial charge in [-0.3, -0.25) is 0 Å². The van der Waals surface area contributed by atoms with Crippen molar-refractivity contribution in [3.05, 3.63) is 39.0 Å². The first-order chi connectivity index (χ1) is 10.8. The summed E-state index contributed by atoms with van der Waals surface area (Å²) in [6, 6.07) is 2.22. The van der Waals surface area contributed by atoms with Crippen molar-refractivity contribution in [2.45, 2.75) is 26.2 Å². The van der Waals surface area contributed by atoms with Crippen molar-refractivity contribution in [3.8, 4) is 10.8 Å². The first-order valence-electron chi connectivity index (χ1n) is 7.29. The molecule has 0 fully saturated rings. The number of aromatic nitrogens is 3. The number of thiazole rings is 1. The lowest BCUT2D eigenvalue weighted by atomic mass is 9.90. The van der Waals surface area contributed by atoms with Crippen molar-refractivity contribution in [1.29, 1.82) is 0 Å². The van der Waals surface area contributed by atoms with Crippen LogP contribution < -0.4 is 0 Å². The maximum absolute atomic E-state index is 5.75. The third-order valence-electron chi connectivity index (χ3n) is 3.83. The Hall–Kier alpha value is -1.79. The van der Waals surface area contributed by atoms with Gasteiger partial charge in [-0.05, 0) is 42.9 Å². The van der Waals surface area contributed by atoms with E-state index in [0.29, 0.717) is 11.8 Å². The molecule has 3 aromatic heterocycles. The van der Waals surface area contributed by atoms with Crippen LogP contribution in [0.2, 0.25) is 0 Å². The van der Waals surface area contributed by atoms with Crippen molar-refractivity contribution in [2.75, 3.05) is 0 Å². The molecule has 3 heterocycles. The number of hydrogen-bond acceptors (Lipinski definition) is 6. The quantitative estimate of drug-likeness (QED) is 0.707. The molecule has 3 aromatic rings. The van der Waals surface area contributed by atoms with Crippen LogP contribution in [0.4, 0.5) is 0 Å². The van der Waals surface area contributed by atoms with Gasteiger partial charge in [0.2, 0.25) is 5.89 Å². The van der Waals surface area contributed by atoms with Gasteiger partial charge >= 0.3 is 0 Å². The summed E-state index contributed by atoms with van der Waals surface area (Å²) >= 11 is 3.35. The molecule has 0 amide bonds. The molecule has 0 saturated heterocycles. The Bertz CT molecular complexity index is 801. The molecule has 0 bridgehead atoms. The second-order valence-corrected chi connectivity index (χ2v) is 7.45. The molecular weight excluding hydrogens is 314 g/mol. The minimum atomic E-state index is 0.516. The van der Waals surface area contributed by atoms with Crippen LogP contribution in [0.25, 0.3) is 22.9 Å². The zero-order chi connectivity index (χ0) is 14.9. The summed E-state index contributed by atoms with van der Waals surface area (Å²) in [6.45, 7) is 2.31. The predicted molar refractivity (Wildman–Crippen MR) is 89.8 cm³/mol. The highest BCUT2D eigenvalue weighted by atomic mass is 32.1. The van der Waals surface area contributed by atoms with E-state index in [1.54, 1.807) is 34.3 Å². The minimum absolute atomic E-state index is 0.516. The average molecular weight is 329 g/mol. The SMILES string of the molecule is CC1CCc2sc(-c3nnc(/C=C/c4cscn4)o3)cc2C1. The summed E-state index contributed by atoms with van der Waals surface area (Å²) in [4.78, 5) is 6.75. The predicted octanol–water partition coefficient (Wildman–Crippen LogP) is 4.55. The van der Waals surface area contributed by atoms with Crippen molar-refractivity contribution < 1.29 is 4.42 Å². The topological polar surface area (TPSA) is 51.8 Å². The van der Waals surface area contributed by atoms with E-state index < -0.39 is 0 Å². The molecule has 0 spiro atoms. The molecule has 0 aliphatic heterocycles. The zero-order valence-electron chi connectivity index (χ0n) is 12.2. The van der Waals surface area contributed by atoms with Crippen LogP contribution in [0.5, 0.6) is 0 Å². The molecule has 22 heavy (non-hydrogen) atoms. The first-order valence-corrected chi connectivity index (χ1v) is 9.05. The number of thiophene rings is 1. The van der Waals surface area contributed by atoms with Crippen molar-refractivity contribution >= 4 is 34.8 Å². The molecule has 6 heteroatoms. The Labute approximate surface area is 136 Å². The van der Waals surface area contributed by atoms with Gasteiger partial charge in [-0.1, -0.05) is 6.92 Å². The second kappa shape index (κ2) is 5.78. The summed E-state index contributed by atoms with van der Waals surface area (Å²) in [5.74, 6) is 1.90. The molecule has 0 N–H and O–H groups in total. The molecule has 0 radical (unpaired) electrons. The third-order valence-corrected chi connectivity index (χ3v) is 5.66. The standard InChI is InChI=1S/C16H15N3OS2/c1-10-2-4-13-11(6-10)7-14(22-13)16-19-18-15(20-16)5-3-12-8-21-9-17-12/h3,5,7-10H,2,4,6H2,1H3/b5-3+. The van der Waals surface area contributed by atoms with Crippen LogP contribution in [-0.4, -0.2) is 15.2 Å². The van der Waals surface area contributed by atoms with Crippen LogP contribution in [-0.2, 0) is 12.8 Å². The van der Waals surface area contributed by atoms with Crippen molar-refractivity contribution in [1.82, 2.24) is 15.2 Å². The highest BCUT2D eigenvalue weighted by Crippen LogP contribution is 2.36. The number of fused-ring (bicyclic) bond motifs is 1. The lowest BCUT2D eigenvalue weighted by molar-refractivity contribution is 0.506. The summed E-state index contributed by atoms with van der Waals surface area (Å²) in [5, 5.41) is 10.2. The van der Waals surface area contributed by atoms with Gasteiger partial charge in [0.05, 0.1) is 16.1 Å². The van der Waals surface area contributed by atoms with Gasteiger partial charge in [0, 0.05) is 16.3 Å². The fourth-order valence-corrected chi connectivity index (χ4v) is 4.33. The smallest absolute Gasteiger partial charge is 0.258 e. The van der Waals surface area contributed by atoms with Crippen LogP contribution in [0.1, 0.15) is 35.4 Å². The molecule has 1 atom stereocenters. The normalized spacial score (nSPS) is 18.0. The number of aryl methyl sites for hydroxylation is 1. The molecular formula is C16H15N3OS2. The van der Waals surface area contributed by atoms with Crippen LogP contribution in [0.15, 0.2) is 21.4 Å². The number of nitrogens with zero attached hydrogens (tertiary/aromatic N) is 3. The van der Waals surface area contributed by atoms with Gasteiger partial charge in [0.1, 0.15) is 0 Å². The van der Waals surface area contributed by atoms with Crippen LogP contribution >= 0.6 is 22.7 Å². The van der Waals surface area contributed by atoms with Gasteiger partial charge < -0.3 is 4.42 Å². The van der Waals surface area contributed by atoms with Gasteiger partial charge in [-0.15, -0.1) is 32.9 Å². The third kappa shape index (κ3) is 2.76. The Kier molecular flexibility index (Phi) is 3.63. The number of hydrogen-bond donors (Lipinski definition) is 0. The van der Waals surface area contributed by atoms with E-state index in [1.807, 2.05) is 11.5 Å². The summed E-state index contributed by atoms with van der Waals surface area (Å²) < 4.78 is 5.75. The average Bonchev–Trinajstić information content (AvgIpc) is 3.24. The molecule has 1 aliphatic rings. The Morgan fingerprint density at radius 1 is 1.32 bits per heavy atom. The highest BCUT2D eigenvalue weighted by Gasteiger charge is 2.20. The van der Waals surface area contributed by atoms with E-state index in [-0.39, 0.29) is 0 Å². The molecule has 0 aromatic carbocycles. The van der Waals surface area contributed by atoms with Crippen LogP contribution in [0, 0.1) is 5.92 Å². The van der Waals surface area contributed by atoms with E-state index in [0.717, 1.165) is 22.9 Å². The lowest BCUT2D eigenvalue weighted by Crippen LogP contribution is -2.07. The van der Waals surface area contributed by atoms with E-state index >= 15 is 0 Å². The fraction of sp³-hybridized carbons (Fsp3) is 0.312. The highest BCUT2D eigenvalue weighted by molar-refractivity contribution is 7.15. The first kappa shape index (κ1) is 13.8. The summed E-state index contributed by atoms with van der Waals surface area (Å²) in [6.07, 6.45) is 7.30. The zero-order valence-corrected chi connectivity index (χ0v) is 13.8. The van der Waals surface area contributed by atoms with E-state index in [4.69, 9.17) is 4.42 Å². The maximum atomic E-state index is 5.75. The molecule has 4 rings (SSSR count). The Balaban J connectivity index is 1.57. The van der Waals surface area contributed by atoms with Gasteiger partial charge in [0.25, 0.3) is 5.89 Å². The number of rotatable bonds is 3. The van der Waals surface area contributed by atoms with Crippen molar-refractivity contribution in [3.63, 3.8) is 0 Å². The maximum Gasteiger partial charge on any atom is 0.258 e.